The maximum atomic E-state index is 10.5. The van der Waals surface area contributed by atoms with Gasteiger partial charge in [0.15, 0.2) is 0 Å². The van der Waals surface area contributed by atoms with Gasteiger partial charge in [0.2, 0.25) is 0 Å². The molecular formula is C2H3ClN2O6S. The highest BCUT2D eigenvalue weighted by atomic mass is 35.5. The van der Waals surface area contributed by atoms with Crippen molar-refractivity contribution in [3.05, 3.63) is 20.2 Å². The van der Waals surface area contributed by atoms with E-state index in [0.717, 1.165) is 0 Å². The number of hydrogen-bond acceptors (Lipinski definition) is 6. The molecule has 0 rings (SSSR count). The van der Waals surface area contributed by atoms with Crippen LogP contribution in [-0.2, 0) is 9.84 Å². The summed E-state index contributed by atoms with van der Waals surface area (Å²) in [6.07, 6.45) is 0.311. The van der Waals surface area contributed by atoms with Crippen molar-refractivity contribution in [2.45, 2.75) is 4.45 Å². The number of rotatable bonds is 3. The normalized spacial score (nSPS) is 12.5. The highest BCUT2D eigenvalue weighted by Crippen LogP contribution is 2.23. The first-order valence-electron chi connectivity index (χ1n) is 2.31. The van der Waals surface area contributed by atoms with E-state index in [-0.39, 0.29) is 0 Å². The molecule has 0 aliphatic heterocycles. The number of alkyl halides is 1. The Bertz CT molecular complexity index is 306. The third-order valence-corrected chi connectivity index (χ3v) is 3.28. The lowest BCUT2D eigenvalue weighted by Gasteiger charge is -2.05. The number of nitrogens with zero attached hydrogens (tertiary/aromatic N) is 2. The van der Waals surface area contributed by atoms with Gasteiger partial charge in [0, 0.05) is 0 Å². The molecule has 8 nitrogen and oxygen atoms in total. The third-order valence-electron chi connectivity index (χ3n) is 0.922. The molecule has 10 heteroatoms. The second-order valence-electron chi connectivity index (χ2n) is 1.82. The monoisotopic (exact) mass is 218 g/mol. The lowest BCUT2D eigenvalue weighted by atomic mass is 11.1. The molecule has 0 aromatic rings. The van der Waals surface area contributed by atoms with E-state index in [9.17, 15) is 28.6 Å². The summed E-state index contributed by atoms with van der Waals surface area (Å²) >= 11 is 4.70. The van der Waals surface area contributed by atoms with Crippen LogP contribution in [0.25, 0.3) is 0 Å². The van der Waals surface area contributed by atoms with Crippen LogP contribution in [0.2, 0.25) is 0 Å². The number of hydrogen-bond donors (Lipinski definition) is 0. The van der Waals surface area contributed by atoms with Crippen LogP contribution in [0.15, 0.2) is 0 Å². The molecule has 0 amide bonds. The molecule has 0 saturated carbocycles. The van der Waals surface area contributed by atoms with Crippen molar-refractivity contribution < 1.29 is 18.3 Å². The fourth-order valence-electron chi connectivity index (χ4n) is 0.337. The SMILES string of the molecule is CS(=O)(=O)C(Cl)([N+](=O)[O-])[N+](=O)[O-]. The van der Waals surface area contributed by atoms with E-state index >= 15 is 0 Å². The predicted octanol–water partition coefficient (Wildman–Crippen LogP) is -0.566. The highest BCUT2D eigenvalue weighted by Gasteiger charge is 2.65. The molecule has 0 heterocycles. The van der Waals surface area contributed by atoms with Gasteiger partial charge in [0.25, 0.3) is 0 Å². The summed E-state index contributed by atoms with van der Waals surface area (Å²) in [5.41, 5.74) is 0. The number of halogens is 1. The molecule has 0 unspecified atom stereocenters. The van der Waals surface area contributed by atoms with Gasteiger partial charge in [-0.2, -0.15) is 0 Å². The highest BCUT2D eigenvalue weighted by molar-refractivity contribution is 7.92. The molecule has 0 fully saturated rings. The zero-order valence-corrected chi connectivity index (χ0v) is 7.20. The Morgan fingerprint density at radius 3 is 1.50 bits per heavy atom. The molecule has 0 aromatic heterocycles. The minimum absolute atomic E-state index is 0.311. The average molecular weight is 219 g/mol. The van der Waals surface area contributed by atoms with E-state index in [1.807, 2.05) is 0 Å². The van der Waals surface area contributed by atoms with Crippen LogP contribution in [0.3, 0.4) is 0 Å². The largest absolute Gasteiger partial charge is 0.638 e. The Morgan fingerprint density at radius 1 is 1.25 bits per heavy atom. The molecular weight excluding hydrogens is 216 g/mol. The molecule has 0 spiro atoms. The fourth-order valence-corrected chi connectivity index (χ4v) is 0.879. The molecule has 0 aromatic carbocycles. The fraction of sp³-hybridized carbons (Fsp3) is 1.00. The first-order valence-corrected chi connectivity index (χ1v) is 4.58. The maximum absolute atomic E-state index is 10.5. The van der Waals surface area contributed by atoms with Crippen LogP contribution in [0.1, 0.15) is 0 Å². The smallest absolute Gasteiger partial charge is 0.256 e. The molecule has 0 bridgehead atoms. The maximum Gasteiger partial charge on any atom is 0.638 e. The van der Waals surface area contributed by atoms with E-state index < -0.39 is 24.1 Å². The van der Waals surface area contributed by atoms with Gasteiger partial charge in [-0.15, -0.1) is 0 Å². The van der Waals surface area contributed by atoms with Crippen molar-refractivity contribution in [1.29, 1.82) is 0 Å². The second-order valence-corrected chi connectivity index (χ2v) is 4.68. The molecule has 12 heavy (non-hydrogen) atoms. The Kier molecular flexibility index (Phi) is 2.60. The lowest BCUT2D eigenvalue weighted by Crippen LogP contribution is -2.47. The van der Waals surface area contributed by atoms with Gasteiger partial charge in [-0.1, -0.05) is 0 Å². The van der Waals surface area contributed by atoms with Crippen LogP contribution >= 0.6 is 11.6 Å². The Hall–Kier alpha value is -0.960. The molecule has 70 valence electrons. The van der Waals surface area contributed by atoms with Gasteiger partial charge < -0.3 is 0 Å². The van der Waals surface area contributed by atoms with Gasteiger partial charge in [0.1, 0.15) is 9.85 Å². The first kappa shape index (κ1) is 11.0. The molecule has 0 atom stereocenters. The average Bonchev–Trinajstić information content (AvgIpc) is 1.82. The van der Waals surface area contributed by atoms with Crippen LogP contribution in [0, 0.1) is 20.2 Å². The summed E-state index contributed by atoms with van der Waals surface area (Å²) in [7, 11) is -4.60. The molecule has 0 saturated heterocycles. The van der Waals surface area contributed by atoms with Crippen molar-refractivity contribution in [3.63, 3.8) is 0 Å². The summed E-state index contributed by atoms with van der Waals surface area (Å²) in [6.45, 7) is 0. The van der Waals surface area contributed by atoms with E-state index in [4.69, 9.17) is 11.6 Å². The minimum atomic E-state index is -4.60. The third kappa shape index (κ3) is 1.46. The summed E-state index contributed by atoms with van der Waals surface area (Å²) < 4.78 is 17.4. The number of nitro groups is 2. The summed E-state index contributed by atoms with van der Waals surface area (Å²) in [5, 5.41) is 19.9. The summed E-state index contributed by atoms with van der Waals surface area (Å²) in [4.78, 5) is 16.6. The van der Waals surface area contributed by atoms with Gasteiger partial charge in [-0.05, 0) is 0 Å². The van der Waals surface area contributed by atoms with E-state index in [0.29, 0.717) is 6.26 Å². The van der Waals surface area contributed by atoms with Gasteiger partial charge in [-0.3, -0.25) is 20.2 Å². The van der Waals surface area contributed by atoms with Crippen molar-refractivity contribution in [2.24, 2.45) is 0 Å². The first-order chi connectivity index (χ1) is 5.14. The minimum Gasteiger partial charge on any atom is -0.256 e. The quantitative estimate of drug-likeness (QED) is 0.206. The van der Waals surface area contributed by atoms with Crippen LogP contribution in [-0.4, -0.2) is 29.0 Å². The Balaban J connectivity index is 5.49. The number of sulfone groups is 1. The molecule has 0 aliphatic carbocycles. The summed E-state index contributed by atoms with van der Waals surface area (Å²) in [6, 6.07) is 0. The molecule has 0 radical (unpaired) electrons. The van der Waals surface area contributed by atoms with E-state index in [1.165, 1.54) is 0 Å². The standard InChI is InChI=1S/C2H3ClN2O6S/c1-12(10,11)2(3,4(6)7)5(8)9/h1H3. The van der Waals surface area contributed by atoms with Crippen molar-refractivity contribution in [1.82, 2.24) is 0 Å². The topological polar surface area (TPSA) is 120 Å². The van der Waals surface area contributed by atoms with Gasteiger partial charge in [0.05, 0.1) is 17.9 Å². The van der Waals surface area contributed by atoms with Crippen LogP contribution < -0.4 is 0 Å². The van der Waals surface area contributed by atoms with Crippen LogP contribution in [0.5, 0.6) is 0 Å². The second kappa shape index (κ2) is 2.83. The summed E-state index contributed by atoms with van der Waals surface area (Å²) in [5.74, 6) is 0. The van der Waals surface area contributed by atoms with Gasteiger partial charge in [-0.25, -0.2) is 8.42 Å². The van der Waals surface area contributed by atoms with E-state index in [1.54, 1.807) is 0 Å². The Labute approximate surface area is 71.3 Å². The Morgan fingerprint density at radius 2 is 1.50 bits per heavy atom. The lowest BCUT2D eigenvalue weighted by molar-refractivity contribution is -0.734. The zero-order chi connectivity index (χ0) is 10.2. The zero-order valence-electron chi connectivity index (χ0n) is 5.63. The van der Waals surface area contributed by atoms with Gasteiger partial charge >= 0.3 is 14.3 Å². The molecule has 0 N–H and O–H groups in total. The van der Waals surface area contributed by atoms with E-state index in [2.05, 4.69) is 0 Å². The van der Waals surface area contributed by atoms with Crippen molar-refractivity contribution in [2.75, 3.05) is 6.26 Å². The molecule has 0 aliphatic rings. The van der Waals surface area contributed by atoms with Crippen molar-refractivity contribution >= 4 is 21.4 Å². The van der Waals surface area contributed by atoms with Crippen LogP contribution in [0.4, 0.5) is 0 Å². The van der Waals surface area contributed by atoms with Crippen molar-refractivity contribution in [3.8, 4) is 0 Å². The predicted molar refractivity (Wildman–Crippen MR) is 37.4 cm³/mol.